The van der Waals surface area contributed by atoms with E-state index < -0.39 is 0 Å². The Morgan fingerprint density at radius 3 is 2.54 bits per heavy atom. The minimum Gasteiger partial charge on any atom is -0.329 e. The van der Waals surface area contributed by atoms with Crippen LogP contribution < -0.4 is 15.5 Å². The standard InChI is InChI=1S/C18H22FN3OS/c1-13(20-18(23)21-15-8-6-14(19)7-9-15)17(16-5-4-12-24-16)22-10-2-3-11-22/h4-9,12-13,17H,2-3,10-11H2,1H3,(H2,20,21,23)/p+1/t13-,17+/m0/s1. The predicted octanol–water partition coefficient (Wildman–Crippen LogP) is 2.82. The van der Waals surface area contributed by atoms with Gasteiger partial charge < -0.3 is 15.5 Å². The van der Waals surface area contributed by atoms with Gasteiger partial charge in [-0.05, 0) is 42.6 Å². The van der Waals surface area contributed by atoms with Crippen LogP contribution in [0.15, 0.2) is 41.8 Å². The van der Waals surface area contributed by atoms with Crippen molar-refractivity contribution in [1.82, 2.24) is 5.32 Å². The first-order valence-electron chi connectivity index (χ1n) is 8.34. The lowest BCUT2D eigenvalue weighted by molar-refractivity contribution is -0.920. The fourth-order valence-corrected chi connectivity index (χ4v) is 4.39. The van der Waals surface area contributed by atoms with Crippen LogP contribution in [0.2, 0.25) is 0 Å². The second-order valence-electron chi connectivity index (χ2n) is 6.25. The number of rotatable bonds is 5. The first-order chi connectivity index (χ1) is 11.6. The van der Waals surface area contributed by atoms with Gasteiger partial charge in [-0.2, -0.15) is 0 Å². The molecular weight excluding hydrogens is 325 g/mol. The van der Waals surface area contributed by atoms with Gasteiger partial charge in [-0.3, -0.25) is 0 Å². The van der Waals surface area contributed by atoms with Crippen molar-refractivity contribution < 1.29 is 14.1 Å². The molecule has 0 aliphatic carbocycles. The maximum Gasteiger partial charge on any atom is 0.319 e. The molecule has 2 atom stereocenters. The predicted molar refractivity (Wildman–Crippen MR) is 95.0 cm³/mol. The zero-order chi connectivity index (χ0) is 16.9. The van der Waals surface area contributed by atoms with Crippen LogP contribution >= 0.6 is 11.3 Å². The number of hydrogen-bond donors (Lipinski definition) is 3. The third-order valence-electron chi connectivity index (χ3n) is 4.50. The monoisotopic (exact) mass is 348 g/mol. The van der Waals surface area contributed by atoms with E-state index in [9.17, 15) is 9.18 Å². The fourth-order valence-electron chi connectivity index (χ4n) is 3.40. The molecule has 2 aromatic rings. The molecule has 6 heteroatoms. The van der Waals surface area contributed by atoms with Crippen LogP contribution in [0.25, 0.3) is 0 Å². The smallest absolute Gasteiger partial charge is 0.319 e. The zero-order valence-corrected chi connectivity index (χ0v) is 14.5. The summed E-state index contributed by atoms with van der Waals surface area (Å²) in [5.74, 6) is -0.315. The molecule has 1 aromatic heterocycles. The summed E-state index contributed by atoms with van der Waals surface area (Å²) in [6.07, 6.45) is 2.48. The van der Waals surface area contributed by atoms with Crippen LogP contribution in [-0.4, -0.2) is 25.2 Å². The number of quaternary nitrogens is 1. The number of anilines is 1. The van der Waals surface area contributed by atoms with Crippen molar-refractivity contribution in [3.05, 3.63) is 52.5 Å². The van der Waals surface area contributed by atoms with Crippen LogP contribution in [0, 0.1) is 5.82 Å². The average Bonchev–Trinajstić information content (AvgIpc) is 3.24. The third kappa shape index (κ3) is 4.13. The van der Waals surface area contributed by atoms with Gasteiger partial charge in [0, 0.05) is 18.5 Å². The summed E-state index contributed by atoms with van der Waals surface area (Å²) in [6.45, 7) is 4.35. The summed E-state index contributed by atoms with van der Waals surface area (Å²) >= 11 is 1.74. The second-order valence-corrected chi connectivity index (χ2v) is 7.23. The number of nitrogens with one attached hydrogen (secondary N) is 3. The maximum absolute atomic E-state index is 12.9. The summed E-state index contributed by atoms with van der Waals surface area (Å²) in [7, 11) is 0. The van der Waals surface area contributed by atoms with Gasteiger partial charge in [0.05, 0.1) is 24.0 Å². The third-order valence-corrected chi connectivity index (χ3v) is 5.45. The summed E-state index contributed by atoms with van der Waals surface area (Å²) < 4.78 is 12.9. The van der Waals surface area contributed by atoms with Gasteiger partial charge in [-0.1, -0.05) is 6.07 Å². The van der Waals surface area contributed by atoms with E-state index in [1.54, 1.807) is 23.5 Å². The highest BCUT2D eigenvalue weighted by Gasteiger charge is 2.33. The lowest BCUT2D eigenvalue weighted by atomic mass is 10.1. The van der Waals surface area contributed by atoms with Gasteiger partial charge in [-0.25, -0.2) is 9.18 Å². The number of benzene rings is 1. The van der Waals surface area contributed by atoms with Crippen LogP contribution in [-0.2, 0) is 0 Å². The molecule has 1 aliphatic heterocycles. The normalized spacial score (nSPS) is 17.4. The topological polar surface area (TPSA) is 45.6 Å². The van der Waals surface area contributed by atoms with E-state index in [2.05, 4.69) is 35.1 Å². The Hall–Kier alpha value is -1.92. The molecule has 128 valence electrons. The van der Waals surface area contributed by atoms with E-state index >= 15 is 0 Å². The molecule has 3 rings (SSSR count). The average molecular weight is 348 g/mol. The van der Waals surface area contributed by atoms with E-state index in [1.165, 1.54) is 34.8 Å². The first-order valence-corrected chi connectivity index (χ1v) is 9.22. The molecule has 0 saturated carbocycles. The Labute approximate surface area is 145 Å². The van der Waals surface area contributed by atoms with Gasteiger partial charge in [-0.15, -0.1) is 11.3 Å². The number of thiophene rings is 1. The van der Waals surface area contributed by atoms with Crippen molar-refractivity contribution in [3.63, 3.8) is 0 Å². The highest BCUT2D eigenvalue weighted by molar-refractivity contribution is 7.10. The van der Waals surface area contributed by atoms with Gasteiger partial charge in [0.2, 0.25) is 0 Å². The van der Waals surface area contributed by atoms with Crippen LogP contribution in [0.5, 0.6) is 0 Å². The molecular formula is C18H23FN3OS+. The van der Waals surface area contributed by atoms with E-state index in [0.717, 1.165) is 13.1 Å². The molecule has 1 aromatic carbocycles. The highest BCUT2D eigenvalue weighted by Crippen LogP contribution is 2.21. The van der Waals surface area contributed by atoms with E-state index in [-0.39, 0.29) is 23.9 Å². The van der Waals surface area contributed by atoms with E-state index in [0.29, 0.717) is 5.69 Å². The Kier molecular flexibility index (Phi) is 5.48. The van der Waals surface area contributed by atoms with Crippen molar-refractivity contribution in [1.29, 1.82) is 0 Å². The number of carbonyl (C=O) groups excluding carboxylic acids is 1. The summed E-state index contributed by atoms with van der Waals surface area (Å²) in [6, 6.07) is 10.0. The zero-order valence-electron chi connectivity index (χ0n) is 13.7. The molecule has 3 N–H and O–H groups in total. The van der Waals surface area contributed by atoms with Crippen molar-refractivity contribution in [3.8, 4) is 0 Å². The Morgan fingerprint density at radius 1 is 1.21 bits per heavy atom. The van der Waals surface area contributed by atoms with E-state index in [4.69, 9.17) is 0 Å². The molecule has 24 heavy (non-hydrogen) atoms. The van der Waals surface area contributed by atoms with Gasteiger partial charge in [0.1, 0.15) is 11.9 Å². The van der Waals surface area contributed by atoms with Crippen LogP contribution in [0.3, 0.4) is 0 Å². The van der Waals surface area contributed by atoms with Gasteiger partial charge in [0.25, 0.3) is 0 Å². The van der Waals surface area contributed by atoms with Gasteiger partial charge >= 0.3 is 6.03 Å². The highest BCUT2D eigenvalue weighted by atomic mass is 32.1. The molecule has 0 unspecified atom stereocenters. The Bertz CT molecular complexity index is 653. The number of halogens is 1. The molecule has 2 heterocycles. The SMILES string of the molecule is C[C@H](NC(=O)Nc1ccc(F)cc1)[C@H](c1cccs1)[NH+]1CCCC1. The molecule has 4 nitrogen and oxygen atoms in total. The largest absolute Gasteiger partial charge is 0.329 e. The molecule has 1 aliphatic rings. The lowest BCUT2D eigenvalue weighted by Crippen LogP contribution is -3.11. The lowest BCUT2D eigenvalue weighted by Gasteiger charge is -2.29. The number of hydrogen-bond acceptors (Lipinski definition) is 2. The number of likely N-dealkylation sites (tertiary alicyclic amines) is 1. The van der Waals surface area contributed by atoms with E-state index in [1.807, 2.05) is 0 Å². The quantitative estimate of drug-likeness (QED) is 0.764. The minimum atomic E-state index is -0.315. The molecule has 0 radical (unpaired) electrons. The Morgan fingerprint density at radius 2 is 1.92 bits per heavy atom. The summed E-state index contributed by atoms with van der Waals surface area (Å²) in [5, 5.41) is 7.90. The van der Waals surface area contributed by atoms with Crippen LogP contribution in [0.4, 0.5) is 14.9 Å². The molecule has 0 bridgehead atoms. The van der Waals surface area contributed by atoms with Crippen molar-refractivity contribution in [2.75, 3.05) is 18.4 Å². The molecule has 2 amide bonds. The minimum absolute atomic E-state index is 0.0113. The van der Waals surface area contributed by atoms with Crippen LogP contribution in [0.1, 0.15) is 30.7 Å². The number of amides is 2. The molecule has 1 saturated heterocycles. The summed E-state index contributed by atoms with van der Waals surface area (Å²) in [4.78, 5) is 15.1. The molecule has 1 fully saturated rings. The van der Waals surface area contributed by atoms with Gasteiger partial charge in [0.15, 0.2) is 0 Å². The van der Waals surface area contributed by atoms with Crippen molar-refractivity contribution >= 4 is 23.1 Å². The fraction of sp³-hybridized carbons (Fsp3) is 0.389. The number of urea groups is 1. The first kappa shape index (κ1) is 16.9. The number of carbonyl (C=O) groups is 1. The maximum atomic E-state index is 12.9. The van der Waals surface area contributed by atoms with Crippen molar-refractivity contribution in [2.45, 2.75) is 31.8 Å². The van der Waals surface area contributed by atoms with Crippen molar-refractivity contribution in [2.24, 2.45) is 0 Å². The molecule has 0 spiro atoms. The Balaban J connectivity index is 1.65. The second kappa shape index (κ2) is 7.77. The summed E-state index contributed by atoms with van der Waals surface area (Å²) in [5.41, 5.74) is 0.585.